The van der Waals surface area contributed by atoms with E-state index in [1.165, 1.54) is 0 Å². The summed E-state index contributed by atoms with van der Waals surface area (Å²) in [6.07, 6.45) is 8.66. The van der Waals surface area contributed by atoms with Crippen molar-refractivity contribution in [3.63, 3.8) is 0 Å². The van der Waals surface area contributed by atoms with E-state index in [2.05, 4.69) is 15.3 Å². The monoisotopic (exact) mass is 402 g/mol. The van der Waals surface area contributed by atoms with Crippen molar-refractivity contribution in [3.8, 4) is 0 Å². The number of rotatable bonds is 5. The van der Waals surface area contributed by atoms with E-state index in [0.717, 1.165) is 15.7 Å². The zero-order valence-corrected chi connectivity index (χ0v) is 16.2. The number of benzene rings is 1. The second-order valence-electron chi connectivity index (χ2n) is 6.94. The van der Waals surface area contributed by atoms with E-state index >= 15 is 0 Å². The Hall–Kier alpha value is -4.00. The average molecular weight is 402 g/mol. The second kappa shape index (κ2) is 8.57. The van der Waals surface area contributed by atoms with Gasteiger partial charge in [0.05, 0.1) is 12.1 Å². The molecule has 0 unspecified atom stereocenters. The topological polar surface area (TPSA) is 96.8 Å². The molecule has 0 radical (unpaired) electrons. The molecule has 0 spiro atoms. The lowest BCUT2D eigenvalue weighted by Crippen LogP contribution is -2.38. The molecule has 0 fully saturated rings. The van der Waals surface area contributed by atoms with Crippen LogP contribution in [-0.4, -0.2) is 20.4 Å². The molecule has 1 aliphatic rings. The van der Waals surface area contributed by atoms with Gasteiger partial charge in [-0.25, -0.2) is 4.79 Å². The predicted molar refractivity (Wildman–Crippen MR) is 116 cm³/mol. The van der Waals surface area contributed by atoms with Crippen molar-refractivity contribution >= 4 is 12.0 Å². The maximum atomic E-state index is 13.1. The first-order chi connectivity index (χ1) is 14.6. The number of aromatic nitrogens is 3. The highest BCUT2D eigenvalue weighted by Gasteiger charge is 2.17. The minimum absolute atomic E-state index is 0. The van der Waals surface area contributed by atoms with Crippen molar-refractivity contribution in [2.45, 2.75) is 19.5 Å². The molecule has 3 aromatic rings. The Morgan fingerprint density at radius 2 is 1.87 bits per heavy atom. The van der Waals surface area contributed by atoms with Crippen molar-refractivity contribution in [1.82, 2.24) is 19.9 Å². The maximum absolute atomic E-state index is 13.1. The van der Waals surface area contributed by atoms with Gasteiger partial charge in [0, 0.05) is 38.1 Å². The van der Waals surface area contributed by atoms with Crippen LogP contribution in [0.15, 0.2) is 82.2 Å². The van der Waals surface area contributed by atoms with Crippen LogP contribution in [0.5, 0.6) is 0 Å². The summed E-state index contributed by atoms with van der Waals surface area (Å²) in [7, 11) is 0. The first kappa shape index (κ1) is 19.3. The number of hydrogen-bond acceptors (Lipinski definition) is 4. The second-order valence-corrected chi connectivity index (χ2v) is 6.94. The first-order valence-electron chi connectivity index (χ1n) is 9.57. The summed E-state index contributed by atoms with van der Waals surface area (Å²) in [5.74, 6) is -0.295. The zero-order chi connectivity index (χ0) is 20.9. The molecule has 1 amide bonds. The zero-order valence-electron chi connectivity index (χ0n) is 16.2. The van der Waals surface area contributed by atoms with E-state index in [4.69, 9.17) is 0 Å². The molecule has 2 heterocycles. The van der Waals surface area contributed by atoms with Gasteiger partial charge in [0.1, 0.15) is 0 Å². The van der Waals surface area contributed by atoms with Gasteiger partial charge in [-0.1, -0.05) is 42.5 Å². The van der Waals surface area contributed by atoms with Gasteiger partial charge in [-0.2, -0.15) is 0 Å². The molecule has 0 aliphatic heterocycles. The smallest absolute Gasteiger partial charge is 0.328 e. The number of aromatic amines is 1. The Morgan fingerprint density at radius 3 is 2.63 bits per heavy atom. The fourth-order valence-electron chi connectivity index (χ4n) is 3.28. The first-order valence-corrected chi connectivity index (χ1v) is 9.57. The summed E-state index contributed by atoms with van der Waals surface area (Å²) >= 11 is 0. The number of pyridine rings is 1. The minimum atomic E-state index is -0.463. The third-order valence-electron chi connectivity index (χ3n) is 4.87. The number of nitrogens with one attached hydrogen (secondary N) is 2. The number of nitrogens with zero attached hydrogens (tertiary/aromatic N) is 2. The molecular weight excluding hydrogens is 380 g/mol. The molecule has 7 heteroatoms. The van der Waals surface area contributed by atoms with Crippen molar-refractivity contribution in [2.24, 2.45) is 0 Å². The molecule has 0 bridgehead atoms. The Morgan fingerprint density at radius 1 is 1.10 bits per heavy atom. The van der Waals surface area contributed by atoms with Gasteiger partial charge in [0.15, 0.2) is 0 Å². The molecule has 7 nitrogen and oxygen atoms in total. The highest BCUT2D eigenvalue weighted by atomic mass is 16.2. The molecule has 0 saturated heterocycles. The average Bonchev–Trinajstić information content (AvgIpc) is 2.99. The van der Waals surface area contributed by atoms with Crippen LogP contribution in [0.3, 0.4) is 0 Å². The molecule has 4 rings (SSSR count). The van der Waals surface area contributed by atoms with E-state index in [1.54, 1.807) is 30.6 Å². The maximum Gasteiger partial charge on any atom is 0.328 e. The molecule has 0 atom stereocenters. The highest BCUT2D eigenvalue weighted by Crippen LogP contribution is 2.14. The normalized spacial score (nSPS) is 12.6. The number of carbonyl (C=O) groups excluding carboxylic acids is 1. The standard InChI is InChI=1S/C23H20N4O3.H2/c28-21(25-14-16-9-11-24-12-10-16)18-7-4-8-20-19(13-18)22(29)27(23(30)26-20)15-17-5-2-1-3-6-17;/h1-7,9-13H,8,14-15H2,(H,25,28)(H,26,30);1H. The van der Waals surface area contributed by atoms with Crippen LogP contribution >= 0.6 is 0 Å². The highest BCUT2D eigenvalue weighted by molar-refractivity contribution is 6.00. The van der Waals surface area contributed by atoms with Crippen LogP contribution in [0.2, 0.25) is 0 Å². The van der Waals surface area contributed by atoms with Gasteiger partial charge in [-0.05, 0) is 29.3 Å². The number of carbonyl (C=O) groups is 1. The van der Waals surface area contributed by atoms with Gasteiger partial charge < -0.3 is 10.3 Å². The van der Waals surface area contributed by atoms with Crippen LogP contribution in [0.1, 0.15) is 23.8 Å². The molecule has 0 saturated carbocycles. The Balaban J connectivity index is 0.00000272. The van der Waals surface area contributed by atoms with Gasteiger partial charge in [0.25, 0.3) is 11.5 Å². The van der Waals surface area contributed by atoms with Crippen LogP contribution in [-0.2, 0) is 24.3 Å². The van der Waals surface area contributed by atoms with Gasteiger partial charge >= 0.3 is 5.69 Å². The van der Waals surface area contributed by atoms with Crippen molar-refractivity contribution in [3.05, 3.63) is 116 Å². The van der Waals surface area contributed by atoms with Crippen LogP contribution in [0.4, 0.5) is 0 Å². The summed E-state index contributed by atoms with van der Waals surface area (Å²) < 4.78 is 1.16. The molecule has 2 N–H and O–H groups in total. The Bertz CT molecular complexity index is 1250. The molecule has 1 aliphatic carbocycles. The summed E-state index contributed by atoms with van der Waals surface area (Å²) in [6.45, 7) is 0.510. The lowest BCUT2D eigenvalue weighted by atomic mass is 10.1. The van der Waals surface area contributed by atoms with Gasteiger partial charge in [0.2, 0.25) is 0 Å². The molecular formula is C23H22N4O3. The van der Waals surface area contributed by atoms with E-state index < -0.39 is 11.2 Å². The number of hydrogen-bond donors (Lipinski definition) is 2. The fourth-order valence-corrected chi connectivity index (χ4v) is 3.28. The summed E-state index contributed by atoms with van der Waals surface area (Å²) in [5, 5.41) is 2.85. The van der Waals surface area contributed by atoms with Crippen molar-refractivity contribution in [2.75, 3.05) is 0 Å². The van der Waals surface area contributed by atoms with Crippen molar-refractivity contribution < 1.29 is 6.22 Å². The summed E-state index contributed by atoms with van der Waals surface area (Å²) in [4.78, 5) is 45.0. The minimum Gasteiger partial charge on any atom is -0.348 e. The Kier molecular flexibility index (Phi) is 5.52. The number of H-pyrrole nitrogens is 1. The lowest BCUT2D eigenvalue weighted by Gasteiger charge is -2.09. The van der Waals surface area contributed by atoms with Gasteiger partial charge in [-0.15, -0.1) is 0 Å². The van der Waals surface area contributed by atoms with E-state index in [9.17, 15) is 14.4 Å². The molecule has 30 heavy (non-hydrogen) atoms. The summed E-state index contributed by atoms with van der Waals surface area (Å²) in [5.41, 5.74) is 2.07. The predicted octanol–water partition coefficient (Wildman–Crippen LogP) is 2.04. The van der Waals surface area contributed by atoms with E-state index in [0.29, 0.717) is 29.8 Å². The van der Waals surface area contributed by atoms with Crippen LogP contribution in [0, 0.1) is 0 Å². The van der Waals surface area contributed by atoms with Gasteiger partial charge in [-0.3, -0.25) is 19.1 Å². The fraction of sp³-hybridized carbons (Fsp3) is 0.130. The molecule has 1 aromatic carbocycles. The quantitative estimate of drug-likeness (QED) is 0.683. The SMILES string of the molecule is O=C(NCc1ccncc1)C1=Cc2c([nH]c(=O)n(Cc3ccccc3)c2=O)CC=C1.[HH]. The third kappa shape index (κ3) is 4.20. The largest absolute Gasteiger partial charge is 0.348 e. The lowest BCUT2D eigenvalue weighted by molar-refractivity contribution is -0.117. The number of amides is 1. The van der Waals surface area contributed by atoms with E-state index in [1.807, 2.05) is 42.5 Å². The number of allylic oxidation sites excluding steroid dienone is 1. The number of fused-ring (bicyclic) bond motifs is 1. The molecule has 152 valence electrons. The molecule has 2 aromatic heterocycles. The van der Waals surface area contributed by atoms with Crippen molar-refractivity contribution in [1.29, 1.82) is 0 Å². The van der Waals surface area contributed by atoms with E-state index in [-0.39, 0.29) is 13.9 Å². The summed E-state index contributed by atoms with van der Waals surface area (Å²) in [6, 6.07) is 12.9. The Labute approximate surface area is 173 Å². The van der Waals surface area contributed by atoms with Crippen LogP contribution in [0.25, 0.3) is 6.08 Å². The van der Waals surface area contributed by atoms with Crippen LogP contribution < -0.4 is 16.6 Å². The third-order valence-corrected chi connectivity index (χ3v) is 4.87.